The molecule has 2 N–H and O–H groups in total. The zero-order chi connectivity index (χ0) is 11.3. The summed E-state index contributed by atoms with van der Waals surface area (Å²) in [5.74, 6) is 0.0459. The second-order valence-corrected chi connectivity index (χ2v) is 4.76. The molecule has 1 aromatic rings. The molecule has 0 bridgehead atoms. The lowest BCUT2D eigenvalue weighted by Gasteiger charge is -2.23. The van der Waals surface area contributed by atoms with E-state index in [4.69, 9.17) is 0 Å². The summed E-state index contributed by atoms with van der Waals surface area (Å²) in [6.07, 6.45) is 2.24. The van der Waals surface area contributed by atoms with Gasteiger partial charge in [0, 0.05) is 24.5 Å². The Bertz CT molecular complexity index is 308. The number of carbonyl (C=O) groups excluding carboxylic acids is 1. The molecule has 0 unspecified atom stereocenters. The van der Waals surface area contributed by atoms with Gasteiger partial charge in [0.25, 0.3) is 0 Å². The molecule has 0 fully saturated rings. The fraction of sp³-hybridized carbons (Fsp3) is 0.600. The minimum Gasteiger partial charge on any atom is -0.345 e. The number of hydrogen-bond acceptors (Lipinski definition) is 4. The average Bonchev–Trinajstić information content (AvgIpc) is 2.67. The normalized spacial score (nSPS) is 11.4. The summed E-state index contributed by atoms with van der Waals surface area (Å²) in [4.78, 5) is 15.7. The maximum atomic E-state index is 11.5. The van der Waals surface area contributed by atoms with Crippen molar-refractivity contribution in [2.24, 2.45) is 0 Å². The van der Waals surface area contributed by atoms with Crippen LogP contribution in [0.25, 0.3) is 0 Å². The minimum atomic E-state index is -0.376. The molecule has 1 aromatic heterocycles. The van der Waals surface area contributed by atoms with Crippen LogP contribution >= 0.6 is 11.3 Å². The highest BCUT2D eigenvalue weighted by atomic mass is 32.1. The minimum absolute atomic E-state index is 0.0459. The van der Waals surface area contributed by atoms with E-state index in [0.717, 1.165) is 5.01 Å². The van der Waals surface area contributed by atoms with Gasteiger partial charge < -0.3 is 10.6 Å². The lowest BCUT2D eigenvalue weighted by molar-refractivity contribution is -0.122. The Morgan fingerprint density at radius 1 is 1.60 bits per heavy atom. The monoisotopic (exact) mass is 227 g/mol. The molecule has 0 saturated heterocycles. The number of hydrogen-bond donors (Lipinski definition) is 2. The summed E-state index contributed by atoms with van der Waals surface area (Å²) < 4.78 is 0. The average molecular weight is 227 g/mol. The zero-order valence-corrected chi connectivity index (χ0v) is 10.1. The van der Waals surface area contributed by atoms with Gasteiger partial charge in [0.05, 0.1) is 5.54 Å². The third kappa shape index (κ3) is 3.60. The van der Waals surface area contributed by atoms with Crippen molar-refractivity contribution < 1.29 is 4.79 Å². The first-order chi connectivity index (χ1) is 7.06. The van der Waals surface area contributed by atoms with Crippen LogP contribution in [0.5, 0.6) is 0 Å². The van der Waals surface area contributed by atoms with Crippen molar-refractivity contribution in [2.75, 3.05) is 13.6 Å². The van der Waals surface area contributed by atoms with Crippen molar-refractivity contribution in [3.05, 3.63) is 16.6 Å². The SMILES string of the molecule is CNCCC(=O)NC(C)(C)c1nccs1. The van der Waals surface area contributed by atoms with Crippen molar-refractivity contribution >= 4 is 17.2 Å². The summed E-state index contributed by atoms with van der Waals surface area (Å²) >= 11 is 1.55. The highest BCUT2D eigenvalue weighted by molar-refractivity contribution is 7.09. The quantitative estimate of drug-likeness (QED) is 0.792. The third-order valence-electron chi connectivity index (χ3n) is 2.02. The van der Waals surface area contributed by atoms with Crippen LogP contribution in [0.3, 0.4) is 0 Å². The highest BCUT2D eigenvalue weighted by Gasteiger charge is 2.24. The Labute approximate surface area is 94.1 Å². The Hall–Kier alpha value is -0.940. The second kappa shape index (κ2) is 5.23. The van der Waals surface area contributed by atoms with E-state index in [-0.39, 0.29) is 11.4 Å². The number of aromatic nitrogens is 1. The van der Waals surface area contributed by atoms with Gasteiger partial charge in [-0.2, -0.15) is 0 Å². The predicted molar refractivity (Wildman–Crippen MR) is 61.8 cm³/mol. The highest BCUT2D eigenvalue weighted by Crippen LogP contribution is 2.21. The first kappa shape index (κ1) is 12.1. The molecule has 0 atom stereocenters. The van der Waals surface area contributed by atoms with Crippen LogP contribution in [0.2, 0.25) is 0 Å². The number of nitrogens with one attached hydrogen (secondary N) is 2. The van der Waals surface area contributed by atoms with Crippen molar-refractivity contribution in [3.8, 4) is 0 Å². The van der Waals surface area contributed by atoms with Crippen LogP contribution in [-0.2, 0) is 10.3 Å². The van der Waals surface area contributed by atoms with E-state index in [9.17, 15) is 4.79 Å². The van der Waals surface area contributed by atoms with E-state index in [0.29, 0.717) is 13.0 Å². The Balaban J connectivity index is 2.53. The van der Waals surface area contributed by atoms with Crippen LogP contribution in [-0.4, -0.2) is 24.5 Å². The number of amides is 1. The molecule has 1 rings (SSSR count). The van der Waals surface area contributed by atoms with Gasteiger partial charge in [0.1, 0.15) is 5.01 Å². The molecular formula is C10H17N3OS. The smallest absolute Gasteiger partial charge is 0.222 e. The Kier molecular flexibility index (Phi) is 4.23. The van der Waals surface area contributed by atoms with E-state index in [1.807, 2.05) is 26.3 Å². The number of thiazole rings is 1. The molecule has 1 amide bonds. The topological polar surface area (TPSA) is 54.0 Å². The fourth-order valence-corrected chi connectivity index (χ4v) is 1.95. The Morgan fingerprint density at radius 2 is 2.33 bits per heavy atom. The van der Waals surface area contributed by atoms with Crippen LogP contribution in [0.15, 0.2) is 11.6 Å². The van der Waals surface area contributed by atoms with Gasteiger partial charge in [-0.05, 0) is 20.9 Å². The molecule has 0 aromatic carbocycles. The molecule has 0 spiro atoms. The van der Waals surface area contributed by atoms with E-state index >= 15 is 0 Å². The Morgan fingerprint density at radius 3 is 2.87 bits per heavy atom. The van der Waals surface area contributed by atoms with Crippen LogP contribution in [0, 0.1) is 0 Å². The maximum Gasteiger partial charge on any atom is 0.222 e. The van der Waals surface area contributed by atoms with Crippen molar-refractivity contribution in [3.63, 3.8) is 0 Å². The van der Waals surface area contributed by atoms with Gasteiger partial charge in [0.2, 0.25) is 5.91 Å². The number of carbonyl (C=O) groups is 1. The predicted octanol–water partition coefficient (Wildman–Crippen LogP) is 1.10. The van der Waals surface area contributed by atoms with E-state index in [1.54, 1.807) is 17.5 Å². The van der Waals surface area contributed by atoms with Gasteiger partial charge in [-0.25, -0.2) is 4.98 Å². The summed E-state index contributed by atoms with van der Waals surface area (Å²) in [7, 11) is 1.83. The van der Waals surface area contributed by atoms with Crippen molar-refractivity contribution in [1.29, 1.82) is 0 Å². The first-order valence-corrected chi connectivity index (χ1v) is 5.80. The van der Waals surface area contributed by atoms with Crippen LogP contribution < -0.4 is 10.6 Å². The van der Waals surface area contributed by atoms with Crippen LogP contribution in [0.4, 0.5) is 0 Å². The summed E-state index contributed by atoms with van der Waals surface area (Å²) in [6, 6.07) is 0. The van der Waals surface area contributed by atoms with E-state index < -0.39 is 0 Å². The molecule has 15 heavy (non-hydrogen) atoms. The third-order valence-corrected chi connectivity index (χ3v) is 3.12. The van der Waals surface area contributed by atoms with Gasteiger partial charge >= 0.3 is 0 Å². The van der Waals surface area contributed by atoms with Gasteiger partial charge in [-0.15, -0.1) is 11.3 Å². The van der Waals surface area contributed by atoms with Crippen molar-refractivity contribution in [2.45, 2.75) is 25.8 Å². The maximum absolute atomic E-state index is 11.5. The molecule has 84 valence electrons. The van der Waals surface area contributed by atoms with E-state index in [2.05, 4.69) is 15.6 Å². The summed E-state index contributed by atoms with van der Waals surface area (Å²) in [6.45, 7) is 4.62. The molecule has 1 heterocycles. The summed E-state index contributed by atoms with van der Waals surface area (Å²) in [5.41, 5.74) is -0.376. The van der Waals surface area contributed by atoms with Gasteiger partial charge in [-0.1, -0.05) is 0 Å². The first-order valence-electron chi connectivity index (χ1n) is 4.92. The molecule has 5 heteroatoms. The molecule has 0 aliphatic rings. The number of nitrogens with zero attached hydrogens (tertiary/aromatic N) is 1. The van der Waals surface area contributed by atoms with Crippen molar-refractivity contribution in [1.82, 2.24) is 15.6 Å². The lowest BCUT2D eigenvalue weighted by atomic mass is 10.1. The summed E-state index contributed by atoms with van der Waals surface area (Å²) in [5, 5.41) is 8.75. The zero-order valence-electron chi connectivity index (χ0n) is 9.33. The lowest BCUT2D eigenvalue weighted by Crippen LogP contribution is -2.41. The molecule has 4 nitrogen and oxygen atoms in total. The van der Waals surface area contributed by atoms with Gasteiger partial charge in [0.15, 0.2) is 0 Å². The molecule has 0 radical (unpaired) electrons. The molecule has 0 aliphatic carbocycles. The van der Waals surface area contributed by atoms with Crippen LogP contribution in [0.1, 0.15) is 25.3 Å². The second-order valence-electron chi connectivity index (χ2n) is 3.86. The molecule has 0 aliphatic heterocycles. The van der Waals surface area contributed by atoms with Gasteiger partial charge in [-0.3, -0.25) is 4.79 Å². The standard InChI is InChI=1S/C10H17N3OS/c1-10(2,9-12-6-7-15-9)13-8(14)4-5-11-3/h6-7,11H,4-5H2,1-3H3,(H,13,14). The van der Waals surface area contributed by atoms with E-state index in [1.165, 1.54) is 0 Å². The largest absolute Gasteiger partial charge is 0.345 e. The molecule has 0 saturated carbocycles. The molecular weight excluding hydrogens is 210 g/mol. The number of rotatable bonds is 5. The fourth-order valence-electron chi connectivity index (χ4n) is 1.24.